The molecule has 2 aromatic rings. The van der Waals surface area contributed by atoms with Crippen LogP contribution in [0.3, 0.4) is 0 Å². The lowest BCUT2D eigenvalue weighted by molar-refractivity contribution is -0.145. The molecule has 106 valence electrons. The molecule has 0 fully saturated rings. The van der Waals surface area contributed by atoms with E-state index < -0.39 is 0 Å². The van der Waals surface area contributed by atoms with Crippen molar-refractivity contribution in [2.24, 2.45) is 5.92 Å². The minimum atomic E-state index is -0.352. The molecular formula is C17H21NO2. The Morgan fingerprint density at radius 3 is 2.50 bits per heavy atom. The fourth-order valence-corrected chi connectivity index (χ4v) is 1.96. The SMILES string of the molecule is CC(C)COC(=O)C(C)Nc1ccc2ccccc2c1. The van der Waals surface area contributed by atoms with Crippen molar-refractivity contribution >= 4 is 22.4 Å². The summed E-state index contributed by atoms with van der Waals surface area (Å²) in [6.07, 6.45) is 0. The maximum absolute atomic E-state index is 11.8. The smallest absolute Gasteiger partial charge is 0.328 e. The van der Waals surface area contributed by atoms with Crippen LogP contribution in [0, 0.1) is 5.92 Å². The molecular weight excluding hydrogens is 250 g/mol. The van der Waals surface area contributed by atoms with Crippen LogP contribution in [0.25, 0.3) is 10.8 Å². The summed E-state index contributed by atoms with van der Waals surface area (Å²) < 4.78 is 5.22. The lowest BCUT2D eigenvalue weighted by atomic mass is 10.1. The third-order valence-electron chi connectivity index (χ3n) is 3.05. The quantitative estimate of drug-likeness (QED) is 0.840. The Kier molecular flexibility index (Phi) is 4.61. The number of carbonyl (C=O) groups excluding carboxylic acids is 1. The summed E-state index contributed by atoms with van der Waals surface area (Å²) in [5.41, 5.74) is 0.928. The van der Waals surface area contributed by atoms with Crippen molar-refractivity contribution in [3.05, 3.63) is 42.5 Å². The van der Waals surface area contributed by atoms with Crippen molar-refractivity contribution in [1.29, 1.82) is 0 Å². The van der Waals surface area contributed by atoms with Gasteiger partial charge in [-0.05, 0) is 35.7 Å². The number of fused-ring (bicyclic) bond motifs is 1. The molecule has 2 rings (SSSR count). The van der Waals surface area contributed by atoms with Crippen molar-refractivity contribution < 1.29 is 9.53 Å². The van der Waals surface area contributed by atoms with Gasteiger partial charge in [0.25, 0.3) is 0 Å². The first-order chi connectivity index (χ1) is 9.56. The van der Waals surface area contributed by atoms with Gasteiger partial charge in [0.15, 0.2) is 0 Å². The number of hydrogen-bond donors (Lipinski definition) is 1. The molecule has 0 saturated carbocycles. The Balaban J connectivity index is 2.02. The number of nitrogens with one attached hydrogen (secondary N) is 1. The summed E-state index contributed by atoms with van der Waals surface area (Å²) in [5, 5.41) is 5.52. The normalized spacial score (nSPS) is 12.4. The number of hydrogen-bond acceptors (Lipinski definition) is 3. The van der Waals surface area contributed by atoms with Crippen LogP contribution in [0.4, 0.5) is 5.69 Å². The van der Waals surface area contributed by atoms with E-state index in [-0.39, 0.29) is 12.0 Å². The Morgan fingerprint density at radius 2 is 1.80 bits per heavy atom. The van der Waals surface area contributed by atoms with Gasteiger partial charge >= 0.3 is 5.97 Å². The molecule has 0 aliphatic heterocycles. The van der Waals surface area contributed by atoms with E-state index in [9.17, 15) is 4.79 Å². The molecule has 0 spiro atoms. The van der Waals surface area contributed by atoms with Crippen LogP contribution in [-0.4, -0.2) is 18.6 Å². The van der Waals surface area contributed by atoms with Crippen LogP contribution < -0.4 is 5.32 Å². The molecule has 0 radical (unpaired) electrons. The number of esters is 1. The van der Waals surface area contributed by atoms with Crippen molar-refractivity contribution in [3.63, 3.8) is 0 Å². The minimum absolute atomic E-state index is 0.216. The van der Waals surface area contributed by atoms with Gasteiger partial charge in [0.05, 0.1) is 6.61 Å². The molecule has 1 unspecified atom stereocenters. The zero-order valence-electron chi connectivity index (χ0n) is 12.2. The van der Waals surface area contributed by atoms with Crippen LogP contribution in [0.5, 0.6) is 0 Å². The first-order valence-electron chi connectivity index (χ1n) is 6.98. The van der Waals surface area contributed by atoms with Gasteiger partial charge in [-0.1, -0.05) is 44.2 Å². The Labute approximate surface area is 119 Å². The predicted molar refractivity (Wildman–Crippen MR) is 82.8 cm³/mol. The first-order valence-corrected chi connectivity index (χ1v) is 6.98. The standard InChI is InChI=1S/C17H21NO2/c1-12(2)11-20-17(19)13(3)18-16-9-8-14-6-4-5-7-15(14)10-16/h4-10,12-13,18H,11H2,1-3H3. The number of anilines is 1. The van der Waals surface area contributed by atoms with E-state index in [0.717, 1.165) is 11.1 Å². The molecule has 2 aromatic carbocycles. The molecule has 0 aliphatic rings. The molecule has 1 atom stereocenters. The molecule has 0 saturated heterocycles. The van der Waals surface area contributed by atoms with E-state index in [1.165, 1.54) is 5.39 Å². The second kappa shape index (κ2) is 6.42. The second-order valence-electron chi connectivity index (χ2n) is 5.45. The highest BCUT2D eigenvalue weighted by Crippen LogP contribution is 2.19. The van der Waals surface area contributed by atoms with Gasteiger partial charge < -0.3 is 10.1 Å². The molecule has 1 N–H and O–H groups in total. The van der Waals surface area contributed by atoms with E-state index in [4.69, 9.17) is 4.74 Å². The molecule has 0 aromatic heterocycles. The number of ether oxygens (including phenoxy) is 1. The van der Waals surface area contributed by atoms with Gasteiger partial charge in [-0.3, -0.25) is 0 Å². The van der Waals surface area contributed by atoms with Crippen LogP contribution in [0.2, 0.25) is 0 Å². The first kappa shape index (κ1) is 14.4. The summed E-state index contributed by atoms with van der Waals surface area (Å²) in [5.74, 6) is 0.138. The maximum Gasteiger partial charge on any atom is 0.328 e. The highest BCUT2D eigenvalue weighted by molar-refractivity contribution is 5.87. The van der Waals surface area contributed by atoms with Gasteiger partial charge in [-0.2, -0.15) is 0 Å². The van der Waals surface area contributed by atoms with Crippen molar-refractivity contribution in [2.75, 3.05) is 11.9 Å². The van der Waals surface area contributed by atoms with Gasteiger partial charge in [0.2, 0.25) is 0 Å². The minimum Gasteiger partial charge on any atom is -0.464 e. The summed E-state index contributed by atoms with van der Waals surface area (Å²) in [6, 6.07) is 13.9. The fourth-order valence-electron chi connectivity index (χ4n) is 1.96. The second-order valence-corrected chi connectivity index (χ2v) is 5.45. The fraction of sp³-hybridized carbons (Fsp3) is 0.353. The third-order valence-corrected chi connectivity index (χ3v) is 3.05. The molecule has 20 heavy (non-hydrogen) atoms. The molecule has 3 nitrogen and oxygen atoms in total. The highest BCUT2D eigenvalue weighted by atomic mass is 16.5. The van der Waals surface area contributed by atoms with Crippen molar-refractivity contribution in [2.45, 2.75) is 26.8 Å². The summed E-state index contributed by atoms with van der Waals surface area (Å²) in [7, 11) is 0. The molecule has 0 amide bonds. The van der Waals surface area contributed by atoms with Gasteiger partial charge in [0, 0.05) is 5.69 Å². The van der Waals surface area contributed by atoms with Crippen molar-refractivity contribution in [1.82, 2.24) is 0 Å². The topological polar surface area (TPSA) is 38.3 Å². The average Bonchev–Trinajstić information content (AvgIpc) is 2.44. The third kappa shape index (κ3) is 3.73. The summed E-state index contributed by atoms with van der Waals surface area (Å²) >= 11 is 0. The monoisotopic (exact) mass is 271 g/mol. The summed E-state index contributed by atoms with van der Waals surface area (Å²) in [6.45, 7) is 6.32. The maximum atomic E-state index is 11.8. The van der Waals surface area contributed by atoms with Gasteiger partial charge in [0.1, 0.15) is 6.04 Å². The molecule has 0 bridgehead atoms. The van der Waals surface area contributed by atoms with Crippen LogP contribution in [0.15, 0.2) is 42.5 Å². The lowest BCUT2D eigenvalue weighted by Gasteiger charge is -2.16. The average molecular weight is 271 g/mol. The van der Waals surface area contributed by atoms with Crippen LogP contribution >= 0.6 is 0 Å². The van der Waals surface area contributed by atoms with Crippen molar-refractivity contribution in [3.8, 4) is 0 Å². The Bertz CT molecular complexity index is 592. The molecule has 3 heteroatoms. The molecule has 0 aliphatic carbocycles. The van der Waals surface area contributed by atoms with E-state index >= 15 is 0 Å². The Morgan fingerprint density at radius 1 is 1.10 bits per heavy atom. The predicted octanol–water partition coefficient (Wildman–Crippen LogP) is 3.84. The highest BCUT2D eigenvalue weighted by Gasteiger charge is 2.14. The molecule has 0 heterocycles. The zero-order chi connectivity index (χ0) is 14.5. The summed E-state index contributed by atoms with van der Waals surface area (Å²) in [4.78, 5) is 11.8. The number of rotatable bonds is 5. The van der Waals surface area contributed by atoms with E-state index in [1.54, 1.807) is 0 Å². The van der Waals surface area contributed by atoms with E-state index in [1.807, 2.05) is 51.1 Å². The Hall–Kier alpha value is -2.03. The number of carbonyl (C=O) groups is 1. The van der Waals surface area contributed by atoms with E-state index in [2.05, 4.69) is 17.4 Å². The van der Waals surface area contributed by atoms with Crippen LogP contribution in [0.1, 0.15) is 20.8 Å². The van der Waals surface area contributed by atoms with Gasteiger partial charge in [-0.15, -0.1) is 0 Å². The van der Waals surface area contributed by atoms with Gasteiger partial charge in [-0.25, -0.2) is 4.79 Å². The van der Waals surface area contributed by atoms with Crippen LogP contribution in [-0.2, 0) is 9.53 Å². The van der Waals surface area contributed by atoms with E-state index in [0.29, 0.717) is 12.5 Å². The lowest BCUT2D eigenvalue weighted by Crippen LogP contribution is -2.29. The largest absolute Gasteiger partial charge is 0.464 e. The number of benzene rings is 2. The zero-order valence-corrected chi connectivity index (χ0v) is 12.2.